The molecule has 1 amide bonds. The number of benzene rings is 1. The van der Waals surface area contributed by atoms with E-state index in [0.717, 1.165) is 12.0 Å². The van der Waals surface area contributed by atoms with Gasteiger partial charge in [0, 0.05) is 0 Å². The number of nitrogens with one attached hydrogen (secondary N) is 1. The van der Waals surface area contributed by atoms with E-state index in [1.165, 1.54) is 0 Å². The van der Waals surface area contributed by atoms with E-state index >= 15 is 0 Å². The molecule has 20 heavy (non-hydrogen) atoms. The number of carbonyl (C=O) groups excluding carboxylic acids is 1. The Bertz CT molecular complexity index is 464. The van der Waals surface area contributed by atoms with Gasteiger partial charge in [0.05, 0.1) is 18.3 Å². The number of nitrogens with two attached hydrogens (primary N) is 1. The Kier molecular flexibility index (Phi) is 5.57. The van der Waals surface area contributed by atoms with Crippen molar-refractivity contribution in [2.75, 3.05) is 11.9 Å². The third-order valence-corrected chi connectivity index (χ3v) is 3.07. The molecule has 0 fully saturated rings. The highest BCUT2D eigenvalue weighted by molar-refractivity contribution is 5.96. The zero-order valence-corrected chi connectivity index (χ0v) is 13.1. The number of rotatable bonds is 5. The van der Waals surface area contributed by atoms with Gasteiger partial charge in [0.15, 0.2) is 0 Å². The minimum absolute atomic E-state index is 0.192. The van der Waals surface area contributed by atoms with Gasteiger partial charge in [-0.25, -0.2) is 0 Å². The highest BCUT2D eigenvalue weighted by Crippen LogP contribution is 2.27. The lowest BCUT2D eigenvalue weighted by Crippen LogP contribution is -2.45. The average Bonchev–Trinajstić information content (AvgIpc) is 2.36. The number of anilines is 1. The van der Waals surface area contributed by atoms with Gasteiger partial charge in [-0.2, -0.15) is 0 Å². The summed E-state index contributed by atoms with van der Waals surface area (Å²) in [6, 6.07) is 5.15. The second kappa shape index (κ2) is 6.75. The van der Waals surface area contributed by atoms with Gasteiger partial charge in [0.1, 0.15) is 5.75 Å². The summed E-state index contributed by atoms with van der Waals surface area (Å²) in [7, 11) is 0. The van der Waals surface area contributed by atoms with E-state index in [2.05, 4.69) is 5.32 Å². The van der Waals surface area contributed by atoms with Crippen molar-refractivity contribution >= 4 is 11.6 Å². The number of carbonyl (C=O) groups is 1. The van der Waals surface area contributed by atoms with Crippen molar-refractivity contribution in [2.24, 2.45) is 11.1 Å². The summed E-state index contributed by atoms with van der Waals surface area (Å²) in [5, 5.41) is 2.86. The largest absolute Gasteiger partial charge is 0.491 e. The van der Waals surface area contributed by atoms with Crippen LogP contribution in [0.1, 0.15) is 39.7 Å². The SMILES string of the molecule is CCCOc1cc(C)ccc1NC(=O)[C@H](N)C(C)(C)C. The molecule has 0 aliphatic heterocycles. The van der Waals surface area contributed by atoms with Gasteiger partial charge in [-0.1, -0.05) is 33.8 Å². The highest BCUT2D eigenvalue weighted by atomic mass is 16.5. The summed E-state index contributed by atoms with van der Waals surface area (Å²) in [6.07, 6.45) is 0.919. The molecule has 0 unspecified atom stereocenters. The fourth-order valence-electron chi connectivity index (χ4n) is 1.67. The molecule has 0 aliphatic carbocycles. The van der Waals surface area contributed by atoms with E-state index in [1.54, 1.807) is 0 Å². The van der Waals surface area contributed by atoms with Crippen molar-refractivity contribution in [2.45, 2.75) is 47.1 Å². The van der Waals surface area contributed by atoms with Crippen LogP contribution >= 0.6 is 0 Å². The molecule has 0 spiro atoms. The summed E-state index contributed by atoms with van der Waals surface area (Å²) < 4.78 is 5.68. The van der Waals surface area contributed by atoms with Crippen LogP contribution in [0.2, 0.25) is 0 Å². The first kappa shape index (κ1) is 16.5. The number of ether oxygens (including phenoxy) is 1. The lowest BCUT2D eigenvalue weighted by atomic mass is 9.87. The van der Waals surface area contributed by atoms with Crippen molar-refractivity contribution in [3.05, 3.63) is 23.8 Å². The maximum Gasteiger partial charge on any atom is 0.241 e. The van der Waals surface area contributed by atoms with Gasteiger partial charge in [-0.05, 0) is 36.5 Å². The Morgan fingerprint density at radius 3 is 2.60 bits per heavy atom. The fourth-order valence-corrected chi connectivity index (χ4v) is 1.67. The maximum absolute atomic E-state index is 12.2. The zero-order chi connectivity index (χ0) is 15.3. The van der Waals surface area contributed by atoms with Crippen LogP contribution in [0.4, 0.5) is 5.69 Å². The number of hydrogen-bond donors (Lipinski definition) is 2. The highest BCUT2D eigenvalue weighted by Gasteiger charge is 2.27. The molecular formula is C16H26N2O2. The molecule has 1 rings (SSSR count). The number of amides is 1. The zero-order valence-electron chi connectivity index (χ0n) is 13.1. The van der Waals surface area contributed by atoms with E-state index in [1.807, 2.05) is 52.8 Å². The fraction of sp³-hybridized carbons (Fsp3) is 0.562. The van der Waals surface area contributed by atoms with Crippen molar-refractivity contribution in [3.63, 3.8) is 0 Å². The Morgan fingerprint density at radius 2 is 2.05 bits per heavy atom. The van der Waals surface area contributed by atoms with Crippen LogP contribution in [0.15, 0.2) is 18.2 Å². The topological polar surface area (TPSA) is 64.3 Å². The number of hydrogen-bond acceptors (Lipinski definition) is 3. The summed E-state index contributed by atoms with van der Waals surface area (Å²) in [4.78, 5) is 12.2. The maximum atomic E-state index is 12.2. The molecule has 0 radical (unpaired) electrons. The molecule has 0 aromatic heterocycles. The molecule has 3 N–H and O–H groups in total. The first-order chi connectivity index (χ1) is 9.25. The second-order valence-electron chi connectivity index (χ2n) is 6.18. The van der Waals surface area contributed by atoms with Crippen LogP contribution in [0.3, 0.4) is 0 Å². The monoisotopic (exact) mass is 278 g/mol. The molecule has 1 atom stereocenters. The summed E-state index contributed by atoms with van der Waals surface area (Å²) in [5.41, 5.74) is 7.46. The first-order valence-electron chi connectivity index (χ1n) is 7.05. The average molecular weight is 278 g/mol. The van der Waals surface area contributed by atoms with Gasteiger partial charge in [-0.3, -0.25) is 4.79 Å². The van der Waals surface area contributed by atoms with E-state index in [4.69, 9.17) is 10.5 Å². The van der Waals surface area contributed by atoms with E-state index in [-0.39, 0.29) is 11.3 Å². The quantitative estimate of drug-likeness (QED) is 0.870. The molecule has 1 aromatic rings. The van der Waals surface area contributed by atoms with Crippen LogP contribution in [-0.4, -0.2) is 18.6 Å². The summed E-state index contributed by atoms with van der Waals surface area (Å²) in [5.74, 6) is 0.504. The van der Waals surface area contributed by atoms with Crippen molar-refractivity contribution in [1.29, 1.82) is 0 Å². The van der Waals surface area contributed by atoms with Crippen molar-refractivity contribution in [3.8, 4) is 5.75 Å². The Labute approximate surface area is 121 Å². The summed E-state index contributed by atoms with van der Waals surface area (Å²) in [6.45, 7) is 10.5. The molecule has 112 valence electrons. The second-order valence-corrected chi connectivity index (χ2v) is 6.18. The Hall–Kier alpha value is -1.55. The predicted molar refractivity (Wildman–Crippen MR) is 83.0 cm³/mol. The Balaban J connectivity index is 2.88. The van der Waals surface area contributed by atoms with Crippen molar-refractivity contribution < 1.29 is 9.53 Å². The normalized spacial score (nSPS) is 12.9. The van der Waals surface area contributed by atoms with E-state index < -0.39 is 6.04 Å². The lowest BCUT2D eigenvalue weighted by Gasteiger charge is -2.26. The molecule has 4 heteroatoms. The molecule has 0 saturated heterocycles. The third kappa shape index (κ3) is 4.53. The number of aryl methyl sites for hydroxylation is 1. The van der Waals surface area contributed by atoms with Crippen LogP contribution in [0, 0.1) is 12.3 Å². The molecule has 0 saturated carbocycles. The van der Waals surface area contributed by atoms with Gasteiger partial charge >= 0.3 is 0 Å². The van der Waals surface area contributed by atoms with Crippen LogP contribution < -0.4 is 15.8 Å². The first-order valence-corrected chi connectivity index (χ1v) is 7.05. The minimum atomic E-state index is -0.567. The van der Waals surface area contributed by atoms with Gasteiger partial charge in [-0.15, -0.1) is 0 Å². The minimum Gasteiger partial charge on any atom is -0.491 e. The van der Waals surface area contributed by atoms with Crippen LogP contribution in [-0.2, 0) is 4.79 Å². The Morgan fingerprint density at radius 1 is 1.40 bits per heavy atom. The molecule has 0 bridgehead atoms. The van der Waals surface area contributed by atoms with E-state index in [0.29, 0.717) is 18.0 Å². The summed E-state index contributed by atoms with van der Waals surface area (Å²) >= 11 is 0. The lowest BCUT2D eigenvalue weighted by molar-refractivity contribution is -0.119. The molecule has 1 aromatic carbocycles. The van der Waals surface area contributed by atoms with Gasteiger partial charge < -0.3 is 15.8 Å². The van der Waals surface area contributed by atoms with Gasteiger partial charge in [0.2, 0.25) is 5.91 Å². The van der Waals surface area contributed by atoms with E-state index in [9.17, 15) is 4.79 Å². The third-order valence-electron chi connectivity index (χ3n) is 3.07. The molecule has 0 heterocycles. The molecule has 0 aliphatic rings. The smallest absolute Gasteiger partial charge is 0.241 e. The standard InChI is InChI=1S/C16H26N2O2/c1-6-9-20-13-10-11(2)7-8-12(13)18-15(19)14(17)16(3,4)5/h7-8,10,14H,6,9,17H2,1-5H3,(H,18,19)/t14-/m0/s1. The van der Waals surface area contributed by atoms with Crippen LogP contribution in [0.25, 0.3) is 0 Å². The predicted octanol–water partition coefficient (Wildman–Crippen LogP) is 3.10. The van der Waals surface area contributed by atoms with Gasteiger partial charge in [0.25, 0.3) is 0 Å². The molecule has 4 nitrogen and oxygen atoms in total. The van der Waals surface area contributed by atoms with Crippen LogP contribution in [0.5, 0.6) is 5.75 Å². The molecular weight excluding hydrogens is 252 g/mol. The van der Waals surface area contributed by atoms with Crippen molar-refractivity contribution in [1.82, 2.24) is 0 Å².